The van der Waals surface area contributed by atoms with Gasteiger partial charge in [-0.25, -0.2) is 4.98 Å². The van der Waals surface area contributed by atoms with Crippen LogP contribution in [0.4, 0.5) is 5.82 Å². The lowest BCUT2D eigenvalue weighted by Crippen LogP contribution is -2.26. The zero-order chi connectivity index (χ0) is 12.3. The molecule has 4 nitrogen and oxygen atoms in total. The summed E-state index contributed by atoms with van der Waals surface area (Å²) >= 11 is 0. The average Bonchev–Trinajstić information content (AvgIpc) is 2.26. The molecule has 0 aliphatic rings. The summed E-state index contributed by atoms with van der Waals surface area (Å²) in [6.45, 7) is 6.67. The van der Waals surface area contributed by atoms with Crippen LogP contribution in [0.5, 0.6) is 0 Å². The van der Waals surface area contributed by atoms with Crippen molar-refractivity contribution >= 4 is 11.7 Å². The molecule has 0 unspecified atom stereocenters. The quantitative estimate of drug-likeness (QED) is 0.847. The van der Waals surface area contributed by atoms with E-state index in [0.717, 1.165) is 5.69 Å². The Balaban J connectivity index is 3.09. The molecule has 0 aliphatic carbocycles. The summed E-state index contributed by atoms with van der Waals surface area (Å²) in [5.41, 5.74) is 7.16. The number of hydrogen-bond donors (Lipinski definition) is 1. The van der Waals surface area contributed by atoms with E-state index in [-0.39, 0.29) is 11.8 Å². The molecule has 0 bridgehead atoms. The molecule has 0 radical (unpaired) electrons. The van der Waals surface area contributed by atoms with Crippen LogP contribution in [0, 0.1) is 0 Å². The molecule has 1 aromatic heterocycles. The van der Waals surface area contributed by atoms with Crippen LogP contribution in [-0.4, -0.2) is 29.4 Å². The molecule has 16 heavy (non-hydrogen) atoms. The van der Waals surface area contributed by atoms with Crippen LogP contribution in [0.3, 0.4) is 0 Å². The van der Waals surface area contributed by atoms with Crippen LogP contribution in [0.15, 0.2) is 12.1 Å². The molecule has 0 spiro atoms. The van der Waals surface area contributed by atoms with E-state index in [2.05, 4.69) is 4.98 Å². The third-order valence-corrected chi connectivity index (χ3v) is 2.52. The Morgan fingerprint density at radius 2 is 2.12 bits per heavy atom. The third kappa shape index (κ3) is 2.72. The predicted octanol–water partition coefficient (Wildman–Crippen LogP) is 1.88. The molecule has 0 saturated heterocycles. The number of hydrogen-bond acceptors (Lipinski definition) is 3. The highest BCUT2D eigenvalue weighted by Gasteiger charge is 2.13. The number of nitrogens with two attached hydrogens (primary N) is 1. The van der Waals surface area contributed by atoms with E-state index < -0.39 is 0 Å². The van der Waals surface area contributed by atoms with Crippen LogP contribution in [0.2, 0.25) is 0 Å². The highest BCUT2D eigenvalue weighted by atomic mass is 16.2. The van der Waals surface area contributed by atoms with Crippen molar-refractivity contribution in [2.75, 3.05) is 19.3 Å². The van der Waals surface area contributed by atoms with Crippen molar-refractivity contribution in [3.05, 3.63) is 23.4 Å². The molecule has 1 amide bonds. The maximum Gasteiger partial charge on any atom is 0.253 e. The standard InChI is InChI=1S/C12H19N3O/c1-5-15(4)12(16)9-6-10(8(2)3)14-11(13)7-9/h6-8H,5H2,1-4H3,(H2,13,14). The second-order valence-corrected chi connectivity index (χ2v) is 4.18. The SMILES string of the molecule is CCN(C)C(=O)c1cc(N)nc(C(C)C)c1. The molecular weight excluding hydrogens is 202 g/mol. The van der Waals surface area contributed by atoms with E-state index in [4.69, 9.17) is 5.73 Å². The first kappa shape index (κ1) is 12.5. The van der Waals surface area contributed by atoms with Gasteiger partial charge in [0.25, 0.3) is 5.91 Å². The highest BCUT2D eigenvalue weighted by molar-refractivity contribution is 5.94. The van der Waals surface area contributed by atoms with E-state index in [9.17, 15) is 4.79 Å². The molecule has 4 heteroatoms. The van der Waals surface area contributed by atoms with Gasteiger partial charge < -0.3 is 10.6 Å². The summed E-state index contributed by atoms with van der Waals surface area (Å²) < 4.78 is 0. The first-order valence-electron chi connectivity index (χ1n) is 5.48. The predicted molar refractivity (Wildman–Crippen MR) is 65.4 cm³/mol. The van der Waals surface area contributed by atoms with Crippen LogP contribution < -0.4 is 5.73 Å². The van der Waals surface area contributed by atoms with E-state index in [0.29, 0.717) is 17.9 Å². The smallest absolute Gasteiger partial charge is 0.253 e. The summed E-state index contributed by atoms with van der Waals surface area (Å²) in [5.74, 6) is 0.652. The van der Waals surface area contributed by atoms with E-state index in [1.54, 1.807) is 18.0 Å². The summed E-state index contributed by atoms with van der Waals surface area (Å²) in [6.07, 6.45) is 0. The molecule has 0 aromatic carbocycles. The number of anilines is 1. The number of pyridine rings is 1. The zero-order valence-corrected chi connectivity index (χ0v) is 10.3. The van der Waals surface area contributed by atoms with E-state index >= 15 is 0 Å². The molecule has 1 rings (SSSR count). The molecule has 0 aliphatic heterocycles. The topological polar surface area (TPSA) is 59.2 Å². The Bertz CT molecular complexity index is 388. The normalized spacial score (nSPS) is 10.6. The zero-order valence-electron chi connectivity index (χ0n) is 10.3. The van der Waals surface area contributed by atoms with Crippen LogP contribution in [0.1, 0.15) is 42.7 Å². The third-order valence-electron chi connectivity index (χ3n) is 2.52. The number of nitrogen functional groups attached to an aromatic ring is 1. The monoisotopic (exact) mass is 221 g/mol. The Morgan fingerprint density at radius 3 is 2.62 bits per heavy atom. The van der Waals surface area contributed by atoms with Gasteiger partial charge in [0.15, 0.2) is 0 Å². The van der Waals surface area contributed by atoms with Crippen molar-refractivity contribution in [3.8, 4) is 0 Å². The van der Waals surface area contributed by atoms with Gasteiger partial charge in [-0.1, -0.05) is 13.8 Å². The van der Waals surface area contributed by atoms with Crippen molar-refractivity contribution in [3.63, 3.8) is 0 Å². The van der Waals surface area contributed by atoms with Gasteiger partial charge in [-0.05, 0) is 25.0 Å². The van der Waals surface area contributed by atoms with E-state index in [1.807, 2.05) is 26.8 Å². The van der Waals surface area contributed by atoms with Crippen LogP contribution in [-0.2, 0) is 0 Å². The van der Waals surface area contributed by atoms with Crippen molar-refractivity contribution < 1.29 is 4.79 Å². The van der Waals surface area contributed by atoms with Gasteiger partial charge in [-0.15, -0.1) is 0 Å². The molecule has 1 heterocycles. The maximum atomic E-state index is 11.9. The van der Waals surface area contributed by atoms with Crippen molar-refractivity contribution in [2.45, 2.75) is 26.7 Å². The number of carbonyl (C=O) groups excluding carboxylic acids is 1. The van der Waals surface area contributed by atoms with Crippen molar-refractivity contribution in [1.29, 1.82) is 0 Å². The van der Waals surface area contributed by atoms with Gasteiger partial charge in [0, 0.05) is 24.8 Å². The summed E-state index contributed by atoms with van der Waals surface area (Å²) in [6, 6.07) is 3.44. The molecule has 0 atom stereocenters. The van der Waals surface area contributed by atoms with Gasteiger partial charge in [-0.2, -0.15) is 0 Å². The van der Waals surface area contributed by atoms with Gasteiger partial charge in [0.2, 0.25) is 0 Å². The Kier molecular flexibility index (Phi) is 3.88. The largest absolute Gasteiger partial charge is 0.384 e. The van der Waals surface area contributed by atoms with Gasteiger partial charge in [0.1, 0.15) is 5.82 Å². The number of nitrogens with zero attached hydrogens (tertiary/aromatic N) is 2. The molecular formula is C12H19N3O. The lowest BCUT2D eigenvalue weighted by atomic mass is 10.1. The fourth-order valence-electron chi connectivity index (χ4n) is 1.36. The van der Waals surface area contributed by atoms with Gasteiger partial charge in [0.05, 0.1) is 0 Å². The minimum atomic E-state index is -0.0153. The number of carbonyl (C=O) groups is 1. The fraction of sp³-hybridized carbons (Fsp3) is 0.500. The van der Waals surface area contributed by atoms with Gasteiger partial charge in [-0.3, -0.25) is 4.79 Å². The summed E-state index contributed by atoms with van der Waals surface area (Å²) in [5, 5.41) is 0. The summed E-state index contributed by atoms with van der Waals surface area (Å²) in [4.78, 5) is 17.8. The Hall–Kier alpha value is -1.58. The van der Waals surface area contributed by atoms with Crippen LogP contribution in [0.25, 0.3) is 0 Å². The summed E-state index contributed by atoms with van der Waals surface area (Å²) in [7, 11) is 1.77. The Labute approximate surface area is 96.5 Å². The fourth-order valence-corrected chi connectivity index (χ4v) is 1.36. The average molecular weight is 221 g/mol. The molecule has 1 aromatic rings. The Morgan fingerprint density at radius 1 is 1.50 bits per heavy atom. The first-order valence-corrected chi connectivity index (χ1v) is 5.48. The molecule has 0 saturated carbocycles. The second-order valence-electron chi connectivity index (χ2n) is 4.18. The van der Waals surface area contributed by atoms with Gasteiger partial charge >= 0.3 is 0 Å². The van der Waals surface area contributed by atoms with Crippen LogP contribution >= 0.6 is 0 Å². The van der Waals surface area contributed by atoms with E-state index in [1.165, 1.54) is 0 Å². The first-order chi connectivity index (χ1) is 7.45. The maximum absolute atomic E-state index is 11.9. The number of amides is 1. The minimum Gasteiger partial charge on any atom is -0.384 e. The van der Waals surface area contributed by atoms with Crippen molar-refractivity contribution in [2.24, 2.45) is 0 Å². The highest BCUT2D eigenvalue weighted by Crippen LogP contribution is 2.16. The number of rotatable bonds is 3. The minimum absolute atomic E-state index is 0.0153. The number of aromatic nitrogens is 1. The van der Waals surface area contributed by atoms with Crippen molar-refractivity contribution in [1.82, 2.24) is 9.88 Å². The lowest BCUT2D eigenvalue weighted by molar-refractivity contribution is 0.0802. The second kappa shape index (κ2) is 4.96. The molecule has 88 valence electrons. The molecule has 0 fully saturated rings. The lowest BCUT2D eigenvalue weighted by Gasteiger charge is -2.15. The molecule has 2 N–H and O–H groups in total.